The first kappa shape index (κ1) is 24.5. The molecule has 1 aromatic heterocycles. The van der Waals surface area contributed by atoms with Gasteiger partial charge in [-0.2, -0.15) is 0 Å². The number of carboxylic acid groups (broad SMARTS) is 1. The summed E-state index contributed by atoms with van der Waals surface area (Å²) in [6, 6.07) is 13.1. The number of fused-ring (bicyclic) bond motifs is 1. The van der Waals surface area contributed by atoms with E-state index in [-0.39, 0.29) is 12.3 Å². The molecule has 2 atom stereocenters. The van der Waals surface area contributed by atoms with E-state index in [4.69, 9.17) is 24.1 Å². The van der Waals surface area contributed by atoms with Gasteiger partial charge in [-0.1, -0.05) is 12.1 Å². The number of aliphatic hydroxyl groups is 1. The Morgan fingerprint density at radius 2 is 1.71 bits per heavy atom. The lowest BCUT2D eigenvalue weighted by Gasteiger charge is -2.27. The van der Waals surface area contributed by atoms with Crippen molar-refractivity contribution in [2.75, 3.05) is 14.2 Å². The highest BCUT2D eigenvalue weighted by atomic mass is 16.7. The fourth-order valence-electron chi connectivity index (χ4n) is 4.42. The number of benzene rings is 2. The Bertz CT molecular complexity index is 1120. The molecule has 0 spiro atoms. The number of para-hydroxylation sites is 2. The van der Waals surface area contributed by atoms with Gasteiger partial charge in [0.2, 0.25) is 6.29 Å². The van der Waals surface area contributed by atoms with Crippen LogP contribution in [0.4, 0.5) is 0 Å². The highest BCUT2D eigenvalue weighted by Crippen LogP contribution is 2.39. The Kier molecular flexibility index (Phi) is 7.51. The van der Waals surface area contributed by atoms with Crippen LogP contribution in [0.5, 0.6) is 23.0 Å². The minimum Gasteiger partial charge on any atom is -0.496 e. The third-order valence-corrected chi connectivity index (χ3v) is 6.31. The van der Waals surface area contributed by atoms with Crippen LogP contribution in [-0.2, 0) is 17.8 Å². The van der Waals surface area contributed by atoms with E-state index in [2.05, 4.69) is 0 Å². The van der Waals surface area contributed by atoms with Gasteiger partial charge in [0.25, 0.3) is 0 Å². The number of aliphatic carboxylic acids is 1. The van der Waals surface area contributed by atoms with Crippen LogP contribution in [0.2, 0.25) is 0 Å². The van der Waals surface area contributed by atoms with Crippen LogP contribution in [0.1, 0.15) is 35.6 Å². The van der Waals surface area contributed by atoms with E-state index in [0.717, 1.165) is 11.1 Å². The van der Waals surface area contributed by atoms with Crippen molar-refractivity contribution in [1.82, 2.24) is 4.57 Å². The number of aryl methyl sites for hydroxylation is 1. The highest BCUT2D eigenvalue weighted by Gasteiger charge is 2.32. The molecule has 2 N–H and O–H groups in total. The van der Waals surface area contributed by atoms with Gasteiger partial charge in [-0.3, -0.25) is 4.79 Å². The fraction of sp³-hybridized carbons (Fsp3) is 0.370. The van der Waals surface area contributed by atoms with Gasteiger partial charge >= 0.3 is 5.97 Å². The molecule has 2 unspecified atom stereocenters. The largest absolute Gasteiger partial charge is 0.496 e. The standard InChI is InChI=1S/C27H31NO7/c1-17-23(32-2)12-19(13-24(17)33-3)27(31)20(14-26-34-21-6-4-5-7-22(21)35-26)16-28-11-10-18(15-28)8-9-25(29)30/h4-7,10-13,15,20,26-27,31H,8-9,14,16H2,1-3H3,(H,29,30). The van der Waals surface area contributed by atoms with Gasteiger partial charge in [0.1, 0.15) is 11.5 Å². The summed E-state index contributed by atoms with van der Waals surface area (Å²) in [6.07, 6.45) is 3.37. The lowest BCUT2D eigenvalue weighted by Crippen LogP contribution is -2.28. The van der Waals surface area contributed by atoms with Crippen molar-refractivity contribution in [1.29, 1.82) is 0 Å². The molecule has 35 heavy (non-hydrogen) atoms. The summed E-state index contributed by atoms with van der Waals surface area (Å²) in [6.45, 7) is 2.38. The minimum absolute atomic E-state index is 0.0705. The Morgan fingerprint density at radius 3 is 2.29 bits per heavy atom. The second-order valence-corrected chi connectivity index (χ2v) is 8.71. The number of carboxylic acids is 1. The molecule has 0 fully saturated rings. The summed E-state index contributed by atoms with van der Waals surface area (Å²) >= 11 is 0. The second kappa shape index (κ2) is 10.7. The quantitative estimate of drug-likeness (QED) is 0.420. The van der Waals surface area contributed by atoms with Crippen LogP contribution >= 0.6 is 0 Å². The molecular formula is C27H31NO7. The van der Waals surface area contributed by atoms with Crippen molar-refractivity contribution in [3.05, 3.63) is 71.5 Å². The van der Waals surface area contributed by atoms with E-state index in [0.29, 0.717) is 47.9 Å². The number of carbonyl (C=O) groups is 1. The molecular weight excluding hydrogens is 450 g/mol. The zero-order valence-corrected chi connectivity index (χ0v) is 20.1. The lowest BCUT2D eigenvalue weighted by atomic mass is 9.91. The van der Waals surface area contributed by atoms with E-state index < -0.39 is 18.4 Å². The number of hydrogen-bond donors (Lipinski definition) is 2. The first-order valence-electron chi connectivity index (χ1n) is 11.6. The molecule has 0 aliphatic carbocycles. The first-order chi connectivity index (χ1) is 16.9. The predicted molar refractivity (Wildman–Crippen MR) is 129 cm³/mol. The molecule has 0 saturated carbocycles. The average molecular weight is 482 g/mol. The van der Waals surface area contributed by atoms with E-state index >= 15 is 0 Å². The summed E-state index contributed by atoms with van der Waals surface area (Å²) in [7, 11) is 3.18. The molecule has 0 saturated heterocycles. The van der Waals surface area contributed by atoms with Crippen LogP contribution in [0.25, 0.3) is 0 Å². The van der Waals surface area contributed by atoms with Gasteiger partial charge in [-0.05, 0) is 54.8 Å². The fourth-order valence-corrected chi connectivity index (χ4v) is 4.42. The van der Waals surface area contributed by atoms with Gasteiger partial charge in [0.15, 0.2) is 11.5 Å². The van der Waals surface area contributed by atoms with Crippen LogP contribution in [0, 0.1) is 12.8 Å². The first-order valence-corrected chi connectivity index (χ1v) is 11.6. The molecule has 0 radical (unpaired) electrons. The van der Waals surface area contributed by atoms with Gasteiger partial charge in [0.05, 0.1) is 20.3 Å². The molecule has 2 aromatic carbocycles. The van der Waals surface area contributed by atoms with E-state index in [9.17, 15) is 9.90 Å². The smallest absolute Gasteiger partial charge is 0.303 e. The third kappa shape index (κ3) is 5.71. The number of hydrogen-bond acceptors (Lipinski definition) is 6. The molecule has 8 heteroatoms. The monoisotopic (exact) mass is 481 g/mol. The molecule has 4 rings (SSSR count). The summed E-state index contributed by atoms with van der Waals surface area (Å²) in [5.41, 5.74) is 2.46. The second-order valence-electron chi connectivity index (χ2n) is 8.71. The van der Waals surface area contributed by atoms with Crippen molar-refractivity contribution in [2.45, 2.75) is 45.1 Å². The third-order valence-electron chi connectivity index (χ3n) is 6.31. The zero-order chi connectivity index (χ0) is 24.9. The van der Waals surface area contributed by atoms with Gasteiger partial charge < -0.3 is 33.7 Å². The van der Waals surface area contributed by atoms with Crippen molar-refractivity contribution in [3.63, 3.8) is 0 Å². The maximum Gasteiger partial charge on any atom is 0.303 e. The topological polar surface area (TPSA) is 99.4 Å². The van der Waals surface area contributed by atoms with E-state index in [1.165, 1.54) is 0 Å². The lowest BCUT2D eigenvalue weighted by molar-refractivity contribution is -0.136. The summed E-state index contributed by atoms with van der Waals surface area (Å²) in [5, 5.41) is 20.5. The molecule has 1 aliphatic heterocycles. The van der Waals surface area contributed by atoms with Crippen molar-refractivity contribution in [3.8, 4) is 23.0 Å². The van der Waals surface area contributed by atoms with Crippen molar-refractivity contribution in [2.24, 2.45) is 5.92 Å². The summed E-state index contributed by atoms with van der Waals surface area (Å²) < 4.78 is 24.9. The van der Waals surface area contributed by atoms with E-state index in [1.807, 2.05) is 66.3 Å². The summed E-state index contributed by atoms with van der Waals surface area (Å²) in [4.78, 5) is 10.9. The SMILES string of the molecule is COc1cc(C(O)C(CC2Oc3ccccc3O2)Cn2ccc(CCC(=O)O)c2)cc(OC)c1C. The van der Waals surface area contributed by atoms with Crippen LogP contribution in [-0.4, -0.2) is 41.3 Å². The number of methoxy groups -OCH3 is 2. The Hall–Kier alpha value is -3.65. The molecule has 0 bridgehead atoms. The van der Waals surface area contributed by atoms with Gasteiger partial charge in [-0.15, -0.1) is 0 Å². The normalized spacial score (nSPS) is 14.5. The van der Waals surface area contributed by atoms with Crippen molar-refractivity contribution >= 4 is 5.97 Å². The van der Waals surface area contributed by atoms with E-state index in [1.54, 1.807) is 14.2 Å². The predicted octanol–water partition coefficient (Wildman–Crippen LogP) is 4.37. The average Bonchev–Trinajstić information content (AvgIpc) is 3.48. The zero-order valence-electron chi connectivity index (χ0n) is 20.1. The molecule has 186 valence electrons. The number of aromatic nitrogens is 1. The van der Waals surface area contributed by atoms with Crippen LogP contribution in [0.3, 0.4) is 0 Å². The summed E-state index contributed by atoms with van der Waals surface area (Å²) in [5.74, 6) is 1.52. The number of rotatable bonds is 11. The number of aliphatic hydroxyl groups excluding tert-OH is 1. The molecule has 8 nitrogen and oxygen atoms in total. The molecule has 2 heterocycles. The van der Waals surface area contributed by atoms with Gasteiger partial charge in [0, 0.05) is 43.3 Å². The maximum atomic E-state index is 11.5. The van der Waals surface area contributed by atoms with Gasteiger partial charge in [-0.25, -0.2) is 0 Å². The highest BCUT2D eigenvalue weighted by molar-refractivity contribution is 5.67. The number of ether oxygens (including phenoxy) is 4. The Labute approximate surface area is 204 Å². The molecule has 3 aromatic rings. The van der Waals surface area contributed by atoms with Crippen molar-refractivity contribution < 1.29 is 34.0 Å². The minimum atomic E-state index is -0.862. The maximum absolute atomic E-state index is 11.5. The molecule has 0 amide bonds. The van der Waals surface area contributed by atoms with Crippen LogP contribution in [0.15, 0.2) is 54.9 Å². The van der Waals surface area contributed by atoms with Crippen LogP contribution < -0.4 is 18.9 Å². The number of nitrogens with zero attached hydrogens (tertiary/aromatic N) is 1. The molecule has 1 aliphatic rings. The Morgan fingerprint density at radius 1 is 1.09 bits per heavy atom. The Balaban J connectivity index is 1.58.